The zero-order valence-electron chi connectivity index (χ0n) is 24.4. The molecule has 0 aliphatic heterocycles. The lowest BCUT2D eigenvalue weighted by molar-refractivity contribution is 0.0950. The number of halogens is 1. The summed E-state index contributed by atoms with van der Waals surface area (Å²) < 4.78 is 1.79. The van der Waals surface area contributed by atoms with Crippen LogP contribution in [-0.2, 0) is 13.1 Å². The van der Waals surface area contributed by atoms with Crippen molar-refractivity contribution in [3.05, 3.63) is 61.5 Å². The fourth-order valence-corrected chi connectivity index (χ4v) is 5.79. The summed E-state index contributed by atoms with van der Waals surface area (Å²) in [5, 5.41) is 7.15. The quantitative estimate of drug-likeness (QED) is 0.449. The third-order valence-electron chi connectivity index (χ3n) is 8.21. The lowest BCUT2D eigenvalue weighted by Crippen LogP contribution is -2.36. The number of carbonyl (C=O) groups is 1. The number of rotatable bonds is 10. The van der Waals surface area contributed by atoms with Crippen LogP contribution in [0.3, 0.4) is 0 Å². The van der Waals surface area contributed by atoms with Crippen LogP contribution in [0.5, 0.6) is 0 Å². The van der Waals surface area contributed by atoms with Crippen molar-refractivity contribution in [1.82, 2.24) is 19.7 Å². The summed E-state index contributed by atoms with van der Waals surface area (Å²) in [4.78, 5) is 30.9. The molecule has 2 aromatic rings. The monoisotopic (exact) mass is 543 g/mol. The summed E-state index contributed by atoms with van der Waals surface area (Å²) in [5.74, 6) is 0.354. The smallest absolute Gasteiger partial charge is 0.256 e. The van der Waals surface area contributed by atoms with E-state index in [0.717, 1.165) is 29.1 Å². The predicted molar refractivity (Wildman–Crippen MR) is 159 cm³/mol. The lowest BCUT2D eigenvalue weighted by Gasteiger charge is -2.36. The zero-order valence-corrected chi connectivity index (χ0v) is 25.2. The summed E-state index contributed by atoms with van der Waals surface area (Å²) in [5.41, 5.74) is 4.66. The largest absolute Gasteiger partial charge is 0.382 e. The first-order chi connectivity index (χ1) is 17.9. The molecule has 0 radical (unpaired) electrons. The number of aromatic nitrogens is 1. The summed E-state index contributed by atoms with van der Waals surface area (Å²) >= 11 is 6.47. The van der Waals surface area contributed by atoms with Gasteiger partial charge in [-0.05, 0) is 117 Å². The van der Waals surface area contributed by atoms with Crippen LogP contribution in [0.15, 0.2) is 23.0 Å². The second-order valence-electron chi connectivity index (χ2n) is 11.5. The molecule has 1 fully saturated rings. The van der Waals surface area contributed by atoms with Crippen molar-refractivity contribution >= 4 is 23.2 Å². The van der Waals surface area contributed by atoms with E-state index in [4.69, 9.17) is 11.6 Å². The van der Waals surface area contributed by atoms with Crippen molar-refractivity contribution in [3.63, 3.8) is 0 Å². The van der Waals surface area contributed by atoms with E-state index in [-0.39, 0.29) is 24.1 Å². The Morgan fingerprint density at radius 2 is 1.74 bits per heavy atom. The number of amides is 1. The Balaban J connectivity index is 1.73. The van der Waals surface area contributed by atoms with Crippen molar-refractivity contribution in [1.29, 1.82) is 0 Å². The van der Waals surface area contributed by atoms with E-state index in [2.05, 4.69) is 41.5 Å². The van der Waals surface area contributed by atoms with Gasteiger partial charge in [0, 0.05) is 59.2 Å². The number of aryl methyl sites for hydroxylation is 2. The number of hydrogen-bond donors (Lipinski definition) is 2. The molecule has 0 saturated heterocycles. The standard InChI is InChI=1S/C30H46ClN5O2/c1-19-15-20(2)36(14-13-34(5)6)30(38)27(19)18-32-29(37)26-16-24(31)17-28(21(26)3)33-22(4)23-9-11-25(12-10-23)35(7)8/h15-17,22-23,25,33H,9-14,18H2,1-8H3,(H,32,37). The predicted octanol–water partition coefficient (Wildman–Crippen LogP) is 4.84. The molecule has 0 bridgehead atoms. The third-order valence-corrected chi connectivity index (χ3v) is 8.42. The molecule has 1 heterocycles. The Morgan fingerprint density at radius 3 is 2.34 bits per heavy atom. The summed E-state index contributed by atoms with van der Waals surface area (Å²) in [6, 6.07) is 6.57. The van der Waals surface area contributed by atoms with Gasteiger partial charge in [-0.25, -0.2) is 0 Å². The first kappa shape index (κ1) is 30.2. The van der Waals surface area contributed by atoms with Crippen LogP contribution in [0, 0.1) is 26.7 Å². The van der Waals surface area contributed by atoms with E-state index < -0.39 is 0 Å². The average molecular weight is 544 g/mol. The summed E-state index contributed by atoms with van der Waals surface area (Å²) in [6.45, 7) is 9.60. The maximum atomic E-state index is 13.3. The molecule has 1 saturated carbocycles. The van der Waals surface area contributed by atoms with E-state index in [0.29, 0.717) is 34.7 Å². The molecule has 38 heavy (non-hydrogen) atoms. The summed E-state index contributed by atoms with van der Waals surface area (Å²) in [6.07, 6.45) is 4.79. The maximum Gasteiger partial charge on any atom is 0.256 e. The van der Waals surface area contributed by atoms with Gasteiger partial charge in [0.2, 0.25) is 0 Å². The fourth-order valence-electron chi connectivity index (χ4n) is 5.57. The number of likely N-dealkylation sites (N-methyl/N-ethyl adjacent to an activating group) is 1. The van der Waals surface area contributed by atoms with Crippen LogP contribution < -0.4 is 16.2 Å². The molecule has 1 atom stereocenters. The zero-order chi connectivity index (χ0) is 28.1. The van der Waals surface area contributed by atoms with Gasteiger partial charge in [-0.2, -0.15) is 0 Å². The van der Waals surface area contributed by atoms with Crippen LogP contribution in [0.2, 0.25) is 5.02 Å². The number of anilines is 1. The van der Waals surface area contributed by atoms with Crippen LogP contribution >= 0.6 is 11.6 Å². The van der Waals surface area contributed by atoms with E-state index >= 15 is 0 Å². The molecule has 2 N–H and O–H groups in total. The minimum atomic E-state index is -0.230. The molecule has 1 aromatic heterocycles. The Hall–Kier alpha value is -2.35. The van der Waals surface area contributed by atoms with Gasteiger partial charge in [0.05, 0.1) is 0 Å². The van der Waals surface area contributed by atoms with Crippen LogP contribution in [-0.4, -0.2) is 67.1 Å². The third kappa shape index (κ3) is 7.39. The van der Waals surface area contributed by atoms with Crippen LogP contribution in [0.25, 0.3) is 0 Å². The molecule has 210 valence electrons. The van der Waals surface area contributed by atoms with Crippen molar-refractivity contribution in [3.8, 4) is 0 Å². The van der Waals surface area contributed by atoms with Crippen molar-refractivity contribution in [2.24, 2.45) is 5.92 Å². The number of benzene rings is 1. The Labute approximate surface area is 233 Å². The number of pyridine rings is 1. The normalized spacial score (nSPS) is 18.6. The van der Waals surface area contributed by atoms with E-state index in [1.54, 1.807) is 10.6 Å². The Bertz CT molecular complexity index is 1180. The van der Waals surface area contributed by atoms with Gasteiger partial charge in [0.15, 0.2) is 0 Å². The van der Waals surface area contributed by atoms with Crippen LogP contribution in [0.1, 0.15) is 65.3 Å². The first-order valence-corrected chi connectivity index (χ1v) is 14.1. The highest BCUT2D eigenvalue weighted by Crippen LogP contribution is 2.32. The highest BCUT2D eigenvalue weighted by atomic mass is 35.5. The number of hydrogen-bond acceptors (Lipinski definition) is 5. The SMILES string of the molecule is Cc1cc(C)n(CCN(C)C)c(=O)c1CNC(=O)c1cc(Cl)cc(NC(C)C2CCC(N(C)C)CC2)c1C. The topological polar surface area (TPSA) is 69.6 Å². The molecular formula is C30H46ClN5O2. The molecule has 7 nitrogen and oxygen atoms in total. The maximum absolute atomic E-state index is 13.3. The molecule has 1 aromatic carbocycles. The second kappa shape index (κ2) is 13.1. The minimum Gasteiger partial charge on any atom is -0.382 e. The summed E-state index contributed by atoms with van der Waals surface area (Å²) in [7, 11) is 8.30. The molecule has 8 heteroatoms. The number of nitrogens with zero attached hydrogens (tertiary/aromatic N) is 3. The molecule has 0 spiro atoms. The molecule has 1 aliphatic rings. The van der Waals surface area contributed by atoms with E-state index in [9.17, 15) is 9.59 Å². The molecular weight excluding hydrogens is 498 g/mol. The molecule has 1 amide bonds. The number of carbonyl (C=O) groups excluding carboxylic acids is 1. The van der Waals surface area contributed by atoms with Gasteiger partial charge < -0.3 is 25.0 Å². The van der Waals surface area contributed by atoms with Crippen molar-refractivity contribution in [2.75, 3.05) is 40.1 Å². The molecule has 1 unspecified atom stereocenters. The van der Waals surface area contributed by atoms with E-state index in [1.165, 1.54) is 25.7 Å². The van der Waals surface area contributed by atoms with Crippen molar-refractivity contribution < 1.29 is 4.79 Å². The van der Waals surface area contributed by atoms with Crippen LogP contribution in [0.4, 0.5) is 5.69 Å². The van der Waals surface area contributed by atoms with Gasteiger partial charge in [0.25, 0.3) is 11.5 Å². The number of nitrogens with one attached hydrogen (secondary N) is 2. The first-order valence-electron chi connectivity index (χ1n) is 13.7. The minimum absolute atomic E-state index is 0.0485. The highest BCUT2D eigenvalue weighted by molar-refractivity contribution is 6.31. The fraction of sp³-hybridized carbons (Fsp3) is 0.600. The molecule has 1 aliphatic carbocycles. The second-order valence-corrected chi connectivity index (χ2v) is 11.9. The lowest BCUT2D eigenvalue weighted by atomic mass is 9.81. The van der Waals surface area contributed by atoms with Crippen molar-refractivity contribution in [2.45, 2.75) is 78.6 Å². The van der Waals surface area contributed by atoms with Gasteiger partial charge in [0.1, 0.15) is 0 Å². The van der Waals surface area contributed by atoms with Gasteiger partial charge in [-0.15, -0.1) is 0 Å². The average Bonchev–Trinajstić information content (AvgIpc) is 2.85. The molecule has 3 rings (SSSR count). The van der Waals surface area contributed by atoms with Gasteiger partial charge in [-0.3, -0.25) is 9.59 Å². The Kier molecular flexibility index (Phi) is 10.4. The van der Waals surface area contributed by atoms with Gasteiger partial charge >= 0.3 is 0 Å². The highest BCUT2D eigenvalue weighted by Gasteiger charge is 2.27. The van der Waals surface area contributed by atoms with E-state index in [1.807, 2.05) is 47.0 Å². The Morgan fingerprint density at radius 1 is 1.08 bits per heavy atom. The van der Waals surface area contributed by atoms with Gasteiger partial charge in [-0.1, -0.05) is 11.6 Å².